The Bertz CT molecular complexity index is 2580. The molecule has 9 aromatic rings. The van der Waals surface area contributed by atoms with Crippen molar-refractivity contribution in [2.24, 2.45) is 0 Å². The predicted octanol–water partition coefficient (Wildman–Crippen LogP) is 13.2. The van der Waals surface area contributed by atoms with Gasteiger partial charge in [0.2, 0.25) is 0 Å². The highest BCUT2D eigenvalue weighted by atomic mass is 19.4. The quantitative estimate of drug-likeness (QED) is 0.174. The maximum atomic E-state index is 13.9. The number of benzene rings is 9. The molecule has 0 aliphatic rings. The summed E-state index contributed by atoms with van der Waals surface area (Å²) in [5.41, 5.74) is 5.81. The molecule has 0 spiro atoms. The number of hydrogen-bond acceptors (Lipinski definition) is 0. The number of hydrogen-bond donors (Lipinski definition) is 0. The lowest BCUT2D eigenvalue weighted by Crippen LogP contribution is -2.05. The highest BCUT2D eigenvalue weighted by Gasteiger charge is 2.31. The van der Waals surface area contributed by atoms with Gasteiger partial charge in [-0.15, -0.1) is 0 Å². The molecule has 9 aromatic carbocycles. The van der Waals surface area contributed by atoms with Gasteiger partial charge in [-0.2, -0.15) is 13.2 Å². The Kier molecular flexibility index (Phi) is 5.98. The van der Waals surface area contributed by atoms with Crippen LogP contribution in [0.4, 0.5) is 13.2 Å². The molecule has 0 aliphatic heterocycles. The van der Waals surface area contributed by atoms with Crippen LogP contribution in [0.25, 0.3) is 87.2 Å². The van der Waals surface area contributed by atoms with Crippen molar-refractivity contribution in [3.05, 3.63) is 157 Å². The first-order chi connectivity index (χ1) is 22.8. The molecule has 0 nitrogen and oxygen atoms in total. The Labute approximate surface area is 269 Å². The second-order valence-electron chi connectivity index (χ2n) is 12.5. The average Bonchev–Trinajstić information content (AvgIpc) is 3.09. The Balaban J connectivity index is 1.39. The van der Waals surface area contributed by atoms with Crippen molar-refractivity contribution >= 4 is 53.9 Å². The summed E-state index contributed by atoms with van der Waals surface area (Å²) in [6, 6.07) is 49.3. The molecule has 0 aromatic heterocycles. The van der Waals surface area contributed by atoms with E-state index < -0.39 is 11.7 Å². The molecule has 0 saturated heterocycles. The van der Waals surface area contributed by atoms with Crippen molar-refractivity contribution < 1.29 is 13.2 Å². The summed E-state index contributed by atoms with van der Waals surface area (Å²) >= 11 is 0. The van der Waals surface area contributed by atoms with E-state index in [4.69, 9.17) is 0 Å². The number of fused-ring (bicyclic) bond motifs is 2. The van der Waals surface area contributed by atoms with Gasteiger partial charge in [0.25, 0.3) is 0 Å². The van der Waals surface area contributed by atoms with Crippen LogP contribution < -0.4 is 0 Å². The Morgan fingerprint density at radius 3 is 1.49 bits per heavy atom. The molecule has 0 fully saturated rings. The molecular formula is C44H27F3. The molecule has 0 saturated carbocycles. The van der Waals surface area contributed by atoms with Crippen LogP contribution in [-0.2, 0) is 6.18 Å². The number of alkyl halides is 3. The smallest absolute Gasteiger partial charge is 0.166 e. The summed E-state index contributed by atoms with van der Waals surface area (Å²) < 4.78 is 41.7. The molecule has 0 N–H and O–H groups in total. The van der Waals surface area contributed by atoms with Crippen molar-refractivity contribution in [2.45, 2.75) is 13.1 Å². The molecule has 0 unspecified atom stereocenters. The second kappa shape index (κ2) is 10.2. The summed E-state index contributed by atoms with van der Waals surface area (Å²) in [4.78, 5) is 0. The minimum Gasteiger partial charge on any atom is -0.166 e. The van der Waals surface area contributed by atoms with Gasteiger partial charge in [0.1, 0.15) is 0 Å². The maximum Gasteiger partial charge on any atom is 0.416 e. The van der Waals surface area contributed by atoms with Gasteiger partial charge in [0.15, 0.2) is 0 Å². The summed E-state index contributed by atoms with van der Waals surface area (Å²) in [6.45, 7) is 1.72. The second-order valence-corrected chi connectivity index (χ2v) is 12.5. The number of halogens is 3. The SMILES string of the molecule is Cc1cc(-c2ccc3ccc4c(-c5ccc6ccccc6c5)cc(-c5ccc6ccccc6c5)c5ccc2c3c45)cc(C(F)(F)F)c1. The van der Waals surface area contributed by atoms with Crippen molar-refractivity contribution in [3.8, 4) is 33.4 Å². The van der Waals surface area contributed by atoms with Crippen LogP contribution in [0.3, 0.4) is 0 Å². The lowest BCUT2D eigenvalue weighted by Gasteiger charge is -2.20. The van der Waals surface area contributed by atoms with Crippen LogP contribution in [0, 0.1) is 6.92 Å². The molecule has 9 rings (SSSR count). The average molecular weight is 613 g/mol. The Morgan fingerprint density at radius 2 is 0.894 bits per heavy atom. The molecule has 0 amide bonds. The number of aryl methyl sites for hydroxylation is 1. The van der Waals surface area contributed by atoms with Gasteiger partial charge in [-0.3, -0.25) is 0 Å². The lowest BCUT2D eigenvalue weighted by atomic mass is 9.83. The van der Waals surface area contributed by atoms with E-state index in [-0.39, 0.29) is 0 Å². The van der Waals surface area contributed by atoms with E-state index in [1.807, 2.05) is 18.2 Å². The van der Waals surface area contributed by atoms with Gasteiger partial charge in [0, 0.05) is 0 Å². The summed E-state index contributed by atoms with van der Waals surface area (Å²) in [7, 11) is 0. The van der Waals surface area contributed by atoms with E-state index in [1.54, 1.807) is 6.92 Å². The van der Waals surface area contributed by atoms with Crippen molar-refractivity contribution in [1.29, 1.82) is 0 Å². The molecule has 3 heteroatoms. The molecule has 0 radical (unpaired) electrons. The fourth-order valence-electron chi connectivity index (χ4n) is 7.44. The molecule has 0 heterocycles. The fourth-order valence-corrected chi connectivity index (χ4v) is 7.44. The van der Waals surface area contributed by atoms with Crippen LogP contribution in [0.2, 0.25) is 0 Å². The maximum absolute atomic E-state index is 13.9. The zero-order chi connectivity index (χ0) is 31.9. The van der Waals surface area contributed by atoms with E-state index in [0.717, 1.165) is 60.1 Å². The van der Waals surface area contributed by atoms with Crippen molar-refractivity contribution in [1.82, 2.24) is 0 Å². The molecule has 0 bridgehead atoms. The molecule has 0 aliphatic carbocycles. The summed E-state index contributed by atoms with van der Waals surface area (Å²) in [5, 5.41) is 11.2. The summed E-state index contributed by atoms with van der Waals surface area (Å²) in [5.74, 6) is 0. The van der Waals surface area contributed by atoms with Crippen LogP contribution in [-0.4, -0.2) is 0 Å². The summed E-state index contributed by atoms with van der Waals surface area (Å²) in [6.07, 6.45) is -4.42. The third-order valence-electron chi connectivity index (χ3n) is 9.62. The van der Waals surface area contributed by atoms with Gasteiger partial charge in [-0.25, -0.2) is 0 Å². The highest BCUT2D eigenvalue weighted by molar-refractivity contribution is 6.30. The van der Waals surface area contributed by atoms with Crippen LogP contribution in [0.15, 0.2) is 146 Å². The van der Waals surface area contributed by atoms with Gasteiger partial charge >= 0.3 is 6.18 Å². The molecule has 224 valence electrons. The van der Waals surface area contributed by atoms with Gasteiger partial charge in [0.05, 0.1) is 5.56 Å². The van der Waals surface area contributed by atoms with E-state index >= 15 is 0 Å². The van der Waals surface area contributed by atoms with E-state index in [2.05, 4.69) is 115 Å². The van der Waals surface area contributed by atoms with Gasteiger partial charge in [-0.05, 0) is 130 Å². The zero-order valence-electron chi connectivity index (χ0n) is 25.5. The first-order valence-electron chi connectivity index (χ1n) is 15.7. The topological polar surface area (TPSA) is 0 Å². The minimum absolute atomic E-state index is 0.569. The van der Waals surface area contributed by atoms with Gasteiger partial charge < -0.3 is 0 Å². The molecular weight excluding hydrogens is 585 g/mol. The number of rotatable bonds is 3. The normalized spacial score (nSPS) is 12.3. The zero-order valence-corrected chi connectivity index (χ0v) is 25.5. The molecule has 0 atom stereocenters. The van der Waals surface area contributed by atoms with Gasteiger partial charge in [-0.1, -0.05) is 115 Å². The van der Waals surface area contributed by atoms with E-state index in [9.17, 15) is 13.2 Å². The fraction of sp³-hybridized carbons (Fsp3) is 0.0455. The first kappa shape index (κ1) is 27.6. The van der Waals surface area contributed by atoms with Crippen molar-refractivity contribution in [2.75, 3.05) is 0 Å². The van der Waals surface area contributed by atoms with E-state index in [1.165, 1.54) is 33.7 Å². The van der Waals surface area contributed by atoms with Crippen LogP contribution >= 0.6 is 0 Å². The monoisotopic (exact) mass is 612 g/mol. The lowest BCUT2D eigenvalue weighted by molar-refractivity contribution is -0.137. The Morgan fingerprint density at radius 1 is 0.383 bits per heavy atom. The third-order valence-corrected chi connectivity index (χ3v) is 9.62. The van der Waals surface area contributed by atoms with Crippen molar-refractivity contribution in [3.63, 3.8) is 0 Å². The highest BCUT2D eigenvalue weighted by Crippen LogP contribution is 2.47. The largest absolute Gasteiger partial charge is 0.416 e. The Hall–Kier alpha value is -5.67. The first-order valence-corrected chi connectivity index (χ1v) is 15.7. The third kappa shape index (κ3) is 4.45. The predicted molar refractivity (Wildman–Crippen MR) is 191 cm³/mol. The minimum atomic E-state index is -4.42. The molecule has 47 heavy (non-hydrogen) atoms. The van der Waals surface area contributed by atoms with Crippen LogP contribution in [0.1, 0.15) is 11.1 Å². The van der Waals surface area contributed by atoms with Crippen LogP contribution in [0.5, 0.6) is 0 Å². The standard InChI is InChI=1S/C44H27F3/c1-26-20-34(24-35(21-26)44(45,46)47)36-16-14-29-15-17-38-40(32-12-10-27-6-2-4-8-30(27)22-32)25-41(39-19-18-37(36)42(29)43(38)39)33-13-11-28-7-3-5-9-31(28)23-33/h2-25H,1H3. The van der Waals surface area contributed by atoms with E-state index in [0.29, 0.717) is 11.1 Å².